The Kier molecular flexibility index (Phi) is 19.5. The van der Waals surface area contributed by atoms with E-state index in [1.165, 1.54) is 83.5 Å². The van der Waals surface area contributed by atoms with Crippen molar-refractivity contribution >= 4 is 12.1 Å². The Bertz CT molecular complexity index is 551. The summed E-state index contributed by atoms with van der Waals surface area (Å²) in [6, 6.07) is -0.620. The summed E-state index contributed by atoms with van der Waals surface area (Å²) in [5.74, 6) is 2.24. The first-order valence-corrected chi connectivity index (χ1v) is 14.2. The number of carbonyl (C=O) groups is 2. The molecule has 196 valence electrons. The van der Waals surface area contributed by atoms with E-state index >= 15 is 0 Å². The van der Waals surface area contributed by atoms with Gasteiger partial charge in [-0.3, -0.25) is 0 Å². The third-order valence-corrected chi connectivity index (χ3v) is 6.87. The predicted molar refractivity (Wildman–Crippen MR) is 140 cm³/mol. The molecule has 0 aromatic heterocycles. The van der Waals surface area contributed by atoms with Crippen LogP contribution in [0.3, 0.4) is 0 Å². The molecule has 0 aliphatic heterocycles. The lowest BCUT2D eigenvalue weighted by atomic mass is 9.84. The van der Waals surface area contributed by atoms with Gasteiger partial charge in [0.2, 0.25) is 0 Å². The Morgan fingerprint density at radius 2 is 1.32 bits per heavy atom. The van der Waals surface area contributed by atoms with Crippen LogP contribution in [0.25, 0.3) is 0 Å². The second kappa shape index (κ2) is 21.8. The molecule has 1 unspecified atom stereocenters. The summed E-state index contributed by atoms with van der Waals surface area (Å²) in [6.07, 6.45) is 28.4. The highest BCUT2D eigenvalue weighted by Crippen LogP contribution is 2.27. The minimum absolute atomic E-state index is 0.123. The third kappa shape index (κ3) is 16.0. The number of hydrogen-bond donors (Lipinski definition) is 1. The van der Waals surface area contributed by atoms with Gasteiger partial charge in [-0.1, -0.05) is 110 Å². The highest BCUT2D eigenvalue weighted by atomic mass is 16.6. The van der Waals surface area contributed by atoms with Gasteiger partial charge in [0.25, 0.3) is 0 Å². The summed E-state index contributed by atoms with van der Waals surface area (Å²) < 4.78 is 10.6. The van der Waals surface area contributed by atoms with Gasteiger partial charge in [-0.05, 0) is 25.2 Å². The maximum Gasteiger partial charge on any atom is 0.407 e. The second-order valence-electron chi connectivity index (χ2n) is 9.87. The fourth-order valence-corrected chi connectivity index (χ4v) is 4.77. The zero-order chi connectivity index (χ0) is 24.7. The highest BCUT2D eigenvalue weighted by Gasteiger charge is 2.32. The molecule has 0 bridgehead atoms. The second-order valence-corrected chi connectivity index (χ2v) is 9.87. The molecule has 5 nitrogen and oxygen atoms in total. The largest absolute Gasteiger partial charge is 0.464 e. The summed E-state index contributed by atoms with van der Waals surface area (Å²) in [7, 11) is 0. The van der Waals surface area contributed by atoms with Crippen molar-refractivity contribution in [1.82, 2.24) is 5.32 Å². The van der Waals surface area contributed by atoms with Crippen molar-refractivity contribution in [2.75, 3.05) is 13.2 Å². The quantitative estimate of drug-likeness (QED) is 0.111. The third-order valence-electron chi connectivity index (χ3n) is 6.87. The molecule has 1 aliphatic carbocycles. The van der Waals surface area contributed by atoms with Crippen LogP contribution in [0, 0.1) is 18.3 Å². The van der Waals surface area contributed by atoms with Crippen molar-refractivity contribution in [2.24, 2.45) is 5.92 Å². The van der Waals surface area contributed by atoms with Crippen molar-refractivity contribution in [2.45, 2.75) is 141 Å². The number of alkyl carbamates (subject to hydrolysis) is 1. The van der Waals surface area contributed by atoms with Gasteiger partial charge in [0.1, 0.15) is 12.6 Å². The van der Waals surface area contributed by atoms with Crippen LogP contribution in [0.2, 0.25) is 0 Å². The van der Waals surface area contributed by atoms with E-state index in [0.29, 0.717) is 13.0 Å². The number of terminal acetylenes is 1. The lowest BCUT2D eigenvalue weighted by molar-refractivity contribution is -0.148. The van der Waals surface area contributed by atoms with Gasteiger partial charge in [-0.15, -0.1) is 12.3 Å². The normalized spacial score (nSPS) is 14.8. The summed E-state index contributed by atoms with van der Waals surface area (Å²) >= 11 is 0. The van der Waals surface area contributed by atoms with Crippen LogP contribution in [0.4, 0.5) is 4.79 Å². The van der Waals surface area contributed by atoms with Gasteiger partial charge in [0.05, 0.1) is 6.61 Å². The first kappa shape index (κ1) is 30.3. The Labute approximate surface area is 209 Å². The Hall–Kier alpha value is -1.70. The maximum atomic E-state index is 12.7. The molecule has 0 heterocycles. The lowest BCUT2D eigenvalue weighted by Crippen LogP contribution is -2.47. The number of amides is 1. The van der Waals surface area contributed by atoms with Gasteiger partial charge in [0.15, 0.2) is 0 Å². The van der Waals surface area contributed by atoms with Gasteiger partial charge < -0.3 is 14.8 Å². The number of unbranched alkanes of at least 4 members (excludes halogenated alkanes) is 13. The smallest absolute Gasteiger partial charge is 0.407 e. The molecule has 1 amide bonds. The van der Waals surface area contributed by atoms with Crippen molar-refractivity contribution in [3.8, 4) is 12.3 Å². The molecular weight excluding hydrogens is 426 g/mol. The summed E-state index contributed by atoms with van der Waals surface area (Å²) in [6.45, 7) is 2.85. The average Bonchev–Trinajstić information content (AvgIpc) is 2.85. The van der Waals surface area contributed by atoms with Crippen LogP contribution in [-0.4, -0.2) is 31.3 Å². The molecule has 0 saturated heterocycles. The van der Waals surface area contributed by atoms with E-state index < -0.39 is 12.1 Å². The first-order chi connectivity index (χ1) is 16.7. The van der Waals surface area contributed by atoms with Crippen LogP contribution < -0.4 is 5.32 Å². The molecule has 1 rings (SSSR count). The molecule has 1 saturated carbocycles. The van der Waals surface area contributed by atoms with E-state index in [1.54, 1.807) is 0 Å². The zero-order valence-corrected chi connectivity index (χ0v) is 21.9. The van der Waals surface area contributed by atoms with Gasteiger partial charge in [-0.2, -0.15) is 0 Å². The van der Waals surface area contributed by atoms with Crippen LogP contribution in [0.5, 0.6) is 0 Å². The molecule has 1 fully saturated rings. The first-order valence-electron chi connectivity index (χ1n) is 14.2. The monoisotopic (exact) mass is 477 g/mol. The Morgan fingerprint density at radius 1 is 0.794 bits per heavy atom. The molecule has 5 heteroatoms. The molecule has 0 radical (unpaired) electrons. The SMILES string of the molecule is C#CCCOC(=O)NC(C(=O)OCCCCCCCCCCCCCCCC)C1CCCCC1. The van der Waals surface area contributed by atoms with E-state index in [2.05, 4.69) is 18.2 Å². The topological polar surface area (TPSA) is 64.6 Å². The van der Waals surface area contributed by atoms with E-state index in [0.717, 1.165) is 38.5 Å². The van der Waals surface area contributed by atoms with E-state index in [1.807, 2.05) is 0 Å². The minimum atomic E-state index is -0.620. The van der Waals surface area contributed by atoms with Crippen LogP contribution >= 0.6 is 0 Å². The summed E-state index contributed by atoms with van der Waals surface area (Å²) in [5, 5.41) is 2.74. The highest BCUT2D eigenvalue weighted by molar-refractivity contribution is 5.81. The summed E-state index contributed by atoms with van der Waals surface area (Å²) in [4.78, 5) is 24.8. The molecule has 1 aliphatic rings. The van der Waals surface area contributed by atoms with Crippen LogP contribution in [-0.2, 0) is 14.3 Å². The molecule has 1 atom stereocenters. The zero-order valence-electron chi connectivity index (χ0n) is 21.9. The van der Waals surface area contributed by atoms with Crippen molar-refractivity contribution in [3.05, 3.63) is 0 Å². The Balaban J connectivity index is 2.10. The summed E-state index contributed by atoms with van der Waals surface area (Å²) in [5.41, 5.74) is 0. The molecule has 0 aromatic rings. The predicted octanol–water partition coefficient (Wildman–Crippen LogP) is 7.71. The van der Waals surface area contributed by atoms with Gasteiger partial charge >= 0.3 is 12.1 Å². The number of hydrogen-bond acceptors (Lipinski definition) is 4. The van der Waals surface area contributed by atoms with Gasteiger partial charge in [-0.25, -0.2) is 9.59 Å². The van der Waals surface area contributed by atoms with E-state index in [9.17, 15) is 9.59 Å². The number of ether oxygens (including phenoxy) is 2. The number of carbonyl (C=O) groups excluding carboxylic acids is 2. The molecular formula is C29H51NO4. The molecule has 0 spiro atoms. The maximum absolute atomic E-state index is 12.7. The minimum Gasteiger partial charge on any atom is -0.464 e. The average molecular weight is 478 g/mol. The fraction of sp³-hybridized carbons (Fsp3) is 0.862. The van der Waals surface area contributed by atoms with Crippen LogP contribution in [0.1, 0.15) is 135 Å². The number of nitrogens with one attached hydrogen (secondary N) is 1. The standard InChI is InChI=1S/C29H51NO4/c1-3-5-7-8-9-10-11-12-13-14-15-16-17-21-25-33-28(31)27(26-22-19-18-20-23-26)30-29(32)34-24-6-4-2/h2,26-27H,3,5-25H2,1H3,(H,30,32). The van der Waals surface area contributed by atoms with E-state index in [-0.39, 0.29) is 18.5 Å². The van der Waals surface area contributed by atoms with Crippen LogP contribution in [0.15, 0.2) is 0 Å². The fourth-order valence-electron chi connectivity index (χ4n) is 4.77. The van der Waals surface area contributed by atoms with Gasteiger partial charge in [0, 0.05) is 6.42 Å². The molecule has 0 aromatic carbocycles. The van der Waals surface area contributed by atoms with E-state index in [4.69, 9.17) is 15.9 Å². The lowest BCUT2D eigenvalue weighted by Gasteiger charge is -2.29. The number of esters is 1. The van der Waals surface area contributed by atoms with Crippen molar-refractivity contribution < 1.29 is 19.1 Å². The van der Waals surface area contributed by atoms with Crippen molar-refractivity contribution in [1.29, 1.82) is 0 Å². The van der Waals surface area contributed by atoms with Crippen molar-refractivity contribution in [3.63, 3.8) is 0 Å². The number of rotatable bonds is 20. The Morgan fingerprint density at radius 3 is 1.85 bits per heavy atom. The molecule has 34 heavy (non-hydrogen) atoms. The molecule has 1 N–H and O–H groups in total.